The molecule has 0 saturated heterocycles. The van der Waals surface area contributed by atoms with E-state index in [1.165, 1.54) is 24.1 Å². The Balaban J connectivity index is 2.17. The molecule has 1 N–H and O–H groups in total. The Morgan fingerprint density at radius 2 is 1.81 bits per heavy atom. The Morgan fingerprint density at radius 1 is 1.16 bits per heavy atom. The van der Waals surface area contributed by atoms with E-state index in [4.69, 9.17) is 10.00 Å². The number of esters is 1. The van der Waals surface area contributed by atoms with Gasteiger partial charge in [0, 0.05) is 13.6 Å². The minimum absolute atomic E-state index is 0.0637. The molecule has 164 valence electrons. The summed E-state index contributed by atoms with van der Waals surface area (Å²) >= 11 is 0. The van der Waals surface area contributed by atoms with Crippen LogP contribution in [0.4, 0.5) is 4.39 Å². The van der Waals surface area contributed by atoms with E-state index in [0.717, 1.165) is 12.1 Å². The molecule has 10 heteroatoms. The third-order valence-electron chi connectivity index (χ3n) is 4.31. The molecule has 0 radical (unpaired) electrons. The highest BCUT2D eigenvalue weighted by Gasteiger charge is 2.29. The SMILES string of the molecule is CN(CCC#N)C(=O)COC(=O)[C@H](Cc1ccccc1)NS(=O)(=O)c1ccccc1F. The van der Waals surface area contributed by atoms with Crippen molar-refractivity contribution >= 4 is 21.9 Å². The molecule has 0 fully saturated rings. The van der Waals surface area contributed by atoms with Crippen molar-refractivity contribution in [2.45, 2.75) is 23.8 Å². The number of hydrogen-bond donors (Lipinski definition) is 1. The topological polar surface area (TPSA) is 117 Å². The molecule has 0 spiro atoms. The van der Waals surface area contributed by atoms with E-state index in [9.17, 15) is 22.4 Å². The standard InChI is InChI=1S/C21H22FN3O5S/c1-25(13-7-12-23)20(26)15-30-21(27)18(14-16-8-3-2-4-9-16)24-31(28,29)19-11-6-5-10-17(19)22/h2-6,8-11,18,24H,7,13-15H2,1H3/t18-/m0/s1. The van der Waals surface area contributed by atoms with E-state index in [2.05, 4.69) is 4.72 Å². The predicted octanol–water partition coefficient (Wildman–Crippen LogP) is 1.63. The van der Waals surface area contributed by atoms with Gasteiger partial charge in [-0.2, -0.15) is 9.98 Å². The molecule has 0 unspecified atom stereocenters. The van der Waals surface area contributed by atoms with Gasteiger partial charge in [-0.1, -0.05) is 42.5 Å². The number of nitriles is 1. The summed E-state index contributed by atoms with van der Waals surface area (Å²) < 4.78 is 46.5. The van der Waals surface area contributed by atoms with Gasteiger partial charge in [-0.05, 0) is 24.1 Å². The molecule has 0 aliphatic heterocycles. The van der Waals surface area contributed by atoms with Gasteiger partial charge in [-0.15, -0.1) is 0 Å². The maximum absolute atomic E-state index is 14.0. The lowest BCUT2D eigenvalue weighted by atomic mass is 10.1. The van der Waals surface area contributed by atoms with E-state index >= 15 is 0 Å². The number of rotatable bonds is 10. The molecule has 2 aromatic carbocycles. The van der Waals surface area contributed by atoms with Gasteiger partial charge in [0.1, 0.15) is 16.8 Å². The second-order valence-electron chi connectivity index (χ2n) is 6.63. The number of likely N-dealkylation sites (N-methyl/N-ethyl adjacent to an activating group) is 1. The van der Waals surface area contributed by atoms with E-state index in [1.54, 1.807) is 30.3 Å². The molecule has 0 aromatic heterocycles. The van der Waals surface area contributed by atoms with Crippen molar-refractivity contribution in [1.82, 2.24) is 9.62 Å². The third kappa shape index (κ3) is 7.16. The fourth-order valence-corrected chi connectivity index (χ4v) is 3.89. The van der Waals surface area contributed by atoms with Gasteiger partial charge in [0.25, 0.3) is 5.91 Å². The summed E-state index contributed by atoms with van der Waals surface area (Å²) in [6.45, 7) is -0.451. The fourth-order valence-electron chi connectivity index (χ4n) is 2.62. The number of amides is 1. The second-order valence-corrected chi connectivity index (χ2v) is 8.31. The van der Waals surface area contributed by atoms with Crippen LogP contribution in [0.1, 0.15) is 12.0 Å². The maximum atomic E-state index is 14.0. The summed E-state index contributed by atoms with van der Waals surface area (Å²) in [6.07, 6.45) is 0.0566. The number of carbonyl (C=O) groups excluding carboxylic acids is 2. The van der Waals surface area contributed by atoms with Gasteiger partial charge in [-0.25, -0.2) is 12.8 Å². The molecule has 0 heterocycles. The lowest BCUT2D eigenvalue weighted by Gasteiger charge is -2.20. The number of benzene rings is 2. The van der Waals surface area contributed by atoms with E-state index in [0.29, 0.717) is 5.56 Å². The van der Waals surface area contributed by atoms with Crippen molar-refractivity contribution in [3.63, 3.8) is 0 Å². The van der Waals surface area contributed by atoms with Crippen LogP contribution in [0.5, 0.6) is 0 Å². The normalized spacial score (nSPS) is 11.9. The first kappa shape index (κ1) is 24.0. The molecule has 31 heavy (non-hydrogen) atoms. The first-order valence-electron chi connectivity index (χ1n) is 9.33. The highest BCUT2D eigenvalue weighted by Crippen LogP contribution is 2.15. The van der Waals surface area contributed by atoms with Crippen LogP contribution in [0.15, 0.2) is 59.5 Å². The Morgan fingerprint density at radius 3 is 2.45 bits per heavy atom. The second kappa shape index (κ2) is 11.2. The van der Waals surface area contributed by atoms with Crippen LogP contribution in [-0.4, -0.2) is 51.4 Å². The number of halogens is 1. The fraction of sp³-hybridized carbons (Fsp3) is 0.286. The quantitative estimate of drug-likeness (QED) is 0.554. The smallest absolute Gasteiger partial charge is 0.325 e. The molecule has 0 bridgehead atoms. The summed E-state index contributed by atoms with van der Waals surface area (Å²) in [4.78, 5) is 25.3. The molecular weight excluding hydrogens is 425 g/mol. The van der Waals surface area contributed by atoms with E-state index < -0.39 is 45.3 Å². The van der Waals surface area contributed by atoms with Crippen LogP contribution in [0.25, 0.3) is 0 Å². The van der Waals surface area contributed by atoms with Crippen LogP contribution >= 0.6 is 0 Å². The van der Waals surface area contributed by atoms with Crippen molar-refractivity contribution in [3.05, 3.63) is 66.0 Å². The van der Waals surface area contributed by atoms with Gasteiger partial charge in [0.15, 0.2) is 6.61 Å². The summed E-state index contributed by atoms with van der Waals surface area (Å²) in [5.74, 6) is -2.49. The van der Waals surface area contributed by atoms with Crippen molar-refractivity contribution in [2.75, 3.05) is 20.2 Å². The molecule has 1 amide bonds. The molecule has 0 aliphatic rings. The third-order valence-corrected chi connectivity index (χ3v) is 5.82. The number of carbonyl (C=O) groups is 2. The summed E-state index contributed by atoms with van der Waals surface area (Å²) in [7, 11) is -2.93. The number of sulfonamides is 1. The predicted molar refractivity (Wildman–Crippen MR) is 109 cm³/mol. The first-order chi connectivity index (χ1) is 14.7. The number of hydrogen-bond acceptors (Lipinski definition) is 6. The van der Waals surface area contributed by atoms with Crippen LogP contribution < -0.4 is 4.72 Å². The zero-order chi connectivity index (χ0) is 22.9. The van der Waals surface area contributed by atoms with E-state index in [1.807, 2.05) is 6.07 Å². The Labute approximate surface area is 180 Å². The zero-order valence-corrected chi connectivity index (χ0v) is 17.6. The summed E-state index contributed by atoms with van der Waals surface area (Å²) in [5, 5.41) is 8.58. The number of nitrogens with one attached hydrogen (secondary N) is 1. The van der Waals surface area contributed by atoms with E-state index in [-0.39, 0.29) is 19.4 Å². The highest BCUT2D eigenvalue weighted by atomic mass is 32.2. The van der Waals surface area contributed by atoms with Crippen LogP contribution in [0, 0.1) is 17.1 Å². The van der Waals surface area contributed by atoms with Gasteiger partial charge in [0.05, 0.1) is 12.5 Å². The Hall–Kier alpha value is -3.29. The molecule has 2 aromatic rings. The maximum Gasteiger partial charge on any atom is 0.325 e. The number of ether oxygens (including phenoxy) is 1. The van der Waals surface area contributed by atoms with Crippen LogP contribution in [0.2, 0.25) is 0 Å². The Kier molecular flexibility index (Phi) is 8.66. The van der Waals surface area contributed by atoms with Crippen molar-refractivity contribution < 1.29 is 27.1 Å². The molecule has 0 saturated carbocycles. The molecular formula is C21H22FN3O5S. The average Bonchev–Trinajstić information content (AvgIpc) is 2.75. The highest BCUT2D eigenvalue weighted by molar-refractivity contribution is 7.89. The molecule has 2 rings (SSSR count). The molecule has 1 atom stereocenters. The largest absolute Gasteiger partial charge is 0.454 e. The lowest BCUT2D eigenvalue weighted by Crippen LogP contribution is -2.44. The van der Waals surface area contributed by atoms with Gasteiger partial charge in [-0.3, -0.25) is 9.59 Å². The zero-order valence-electron chi connectivity index (χ0n) is 16.8. The molecule has 0 aliphatic carbocycles. The van der Waals surface area contributed by atoms with Crippen LogP contribution in [0.3, 0.4) is 0 Å². The van der Waals surface area contributed by atoms with Crippen molar-refractivity contribution in [3.8, 4) is 6.07 Å². The molecule has 8 nitrogen and oxygen atoms in total. The average molecular weight is 447 g/mol. The van der Waals surface area contributed by atoms with Crippen LogP contribution in [-0.2, 0) is 30.8 Å². The lowest BCUT2D eigenvalue weighted by molar-refractivity contribution is -0.152. The minimum Gasteiger partial charge on any atom is -0.454 e. The van der Waals surface area contributed by atoms with Gasteiger partial charge >= 0.3 is 5.97 Å². The number of nitrogens with zero attached hydrogens (tertiary/aromatic N) is 2. The Bertz CT molecular complexity index is 1050. The van der Waals surface area contributed by atoms with Gasteiger partial charge in [0.2, 0.25) is 10.0 Å². The summed E-state index contributed by atoms with van der Waals surface area (Å²) in [6, 6.07) is 13.9. The van der Waals surface area contributed by atoms with Crippen molar-refractivity contribution in [2.24, 2.45) is 0 Å². The van der Waals surface area contributed by atoms with Crippen molar-refractivity contribution in [1.29, 1.82) is 5.26 Å². The minimum atomic E-state index is -4.38. The summed E-state index contributed by atoms with van der Waals surface area (Å²) in [5.41, 5.74) is 0.637. The first-order valence-corrected chi connectivity index (χ1v) is 10.8. The monoisotopic (exact) mass is 447 g/mol. The van der Waals surface area contributed by atoms with Gasteiger partial charge < -0.3 is 9.64 Å².